The van der Waals surface area contributed by atoms with Crippen LogP contribution in [0, 0.1) is 0 Å². The van der Waals surface area contributed by atoms with Crippen LogP contribution in [0.5, 0.6) is 11.5 Å². The lowest BCUT2D eigenvalue weighted by Crippen LogP contribution is -2.08. The van der Waals surface area contributed by atoms with E-state index in [0.29, 0.717) is 10.8 Å². The number of rotatable bonds is 4. The molecule has 2 N–H and O–H groups in total. The fourth-order valence-electron chi connectivity index (χ4n) is 1.84. The second-order valence-corrected chi connectivity index (χ2v) is 5.38. The molecule has 20 heavy (non-hydrogen) atoms. The van der Waals surface area contributed by atoms with Crippen LogP contribution in [0.2, 0.25) is 5.02 Å². The second-order valence-electron chi connectivity index (χ2n) is 4.97. The summed E-state index contributed by atoms with van der Waals surface area (Å²) in [5.74, 6) is 1.39. The number of nitrogens with two attached hydrogens (primary N) is 1. The fourth-order valence-corrected chi connectivity index (χ4v) is 2.06. The molecule has 1 atom stereocenters. The molecule has 0 fully saturated rings. The monoisotopic (exact) mass is 290 g/mol. The van der Waals surface area contributed by atoms with Crippen LogP contribution in [0.1, 0.15) is 18.5 Å². The molecule has 0 heterocycles. The van der Waals surface area contributed by atoms with Crippen LogP contribution >= 0.6 is 11.6 Å². The third-order valence-corrected chi connectivity index (χ3v) is 3.34. The van der Waals surface area contributed by atoms with Crippen LogP contribution in [0.25, 0.3) is 0 Å². The molecule has 4 heteroatoms. The summed E-state index contributed by atoms with van der Waals surface area (Å²) >= 11 is 6.23. The largest absolute Gasteiger partial charge is 0.456 e. The number of benzene rings is 2. The zero-order valence-corrected chi connectivity index (χ0v) is 12.7. The minimum atomic E-state index is -0.0429. The van der Waals surface area contributed by atoms with Crippen molar-refractivity contribution in [2.24, 2.45) is 5.73 Å². The standard InChI is InChI=1S/C16H19ClN2O/c1-11(18)12-7-8-16(15(17)9-12)20-14-6-4-5-13(10-14)19(2)3/h4-11H,18H2,1-3H3. The van der Waals surface area contributed by atoms with Crippen molar-refractivity contribution in [1.29, 1.82) is 0 Å². The smallest absolute Gasteiger partial charge is 0.146 e. The molecule has 0 bridgehead atoms. The lowest BCUT2D eigenvalue weighted by molar-refractivity contribution is 0.482. The van der Waals surface area contributed by atoms with Crippen molar-refractivity contribution in [3.8, 4) is 11.5 Å². The van der Waals surface area contributed by atoms with Gasteiger partial charge in [-0.1, -0.05) is 23.7 Å². The molecule has 0 saturated carbocycles. The molecule has 2 rings (SSSR count). The first-order valence-corrected chi connectivity index (χ1v) is 6.85. The second kappa shape index (κ2) is 6.16. The third-order valence-electron chi connectivity index (χ3n) is 3.04. The van der Waals surface area contributed by atoms with Gasteiger partial charge < -0.3 is 15.4 Å². The van der Waals surface area contributed by atoms with E-state index in [-0.39, 0.29) is 6.04 Å². The SMILES string of the molecule is CC(N)c1ccc(Oc2cccc(N(C)C)c2)c(Cl)c1. The van der Waals surface area contributed by atoms with E-state index in [9.17, 15) is 0 Å². The van der Waals surface area contributed by atoms with E-state index in [4.69, 9.17) is 22.1 Å². The zero-order valence-electron chi connectivity index (χ0n) is 11.9. The Labute approximate surface area is 124 Å². The van der Waals surface area contributed by atoms with Crippen LogP contribution in [0.3, 0.4) is 0 Å². The predicted molar refractivity (Wildman–Crippen MR) is 84.9 cm³/mol. The summed E-state index contributed by atoms with van der Waals surface area (Å²) in [4.78, 5) is 2.02. The van der Waals surface area contributed by atoms with Crippen LogP contribution in [-0.4, -0.2) is 14.1 Å². The first-order valence-electron chi connectivity index (χ1n) is 6.47. The van der Waals surface area contributed by atoms with Crippen LogP contribution in [0.15, 0.2) is 42.5 Å². The van der Waals surface area contributed by atoms with Crippen molar-refractivity contribution in [3.63, 3.8) is 0 Å². The zero-order chi connectivity index (χ0) is 14.7. The minimum Gasteiger partial charge on any atom is -0.456 e. The first kappa shape index (κ1) is 14.7. The van der Waals surface area contributed by atoms with Gasteiger partial charge in [-0.15, -0.1) is 0 Å². The molecule has 1 unspecified atom stereocenters. The summed E-state index contributed by atoms with van der Waals surface area (Å²) in [5.41, 5.74) is 7.90. The topological polar surface area (TPSA) is 38.5 Å². The lowest BCUT2D eigenvalue weighted by Gasteiger charge is -2.15. The van der Waals surface area contributed by atoms with Crippen molar-refractivity contribution in [2.45, 2.75) is 13.0 Å². The van der Waals surface area contributed by atoms with Gasteiger partial charge in [-0.25, -0.2) is 0 Å². The van der Waals surface area contributed by atoms with Gasteiger partial charge in [-0.2, -0.15) is 0 Å². The van der Waals surface area contributed by atoms with Gasteiger partial charge in [0, 0.05) is 31.9 Å². The van der Waals surface area contributed by atoms with Gasteiger partial charge in [-0.05, 0) is 36.8 Å². The van der Waals surface area contributed by atoms with Crippen LogP contribution in [-0.2, 0) is 0 Å². The highest BCUT2D eigenvalue weighted by Gasteiger charge is 2.07. The molecule has 0 aliphatic heterocycles. The summed E-state index contributed by atoms with van der Waals surface area (Å²) in [5, 5.41) is 0.565. The maximum absolute atomic E-state index is 6.23. The summed E-state index contributed by atoms with van der Waals surface area (Å²) in [7, 11) is 3.98. The van der Waals surface area contributed by atoms with E-state index in [2.05, 4.69) is 0 Å². The van der Waals surface area contributed by atoms with Crippen molar-refractivity contribution < 1.29 is 4.74 Å². The van der Waals surface area contributed by atoms with E-state index in [1.165, 1.54) is 0 Å². The maximum atomic E-state index is 6.23. The van der Waals surface area contributed by atoms with Gasteiger partial charge in [0.2, 0.25) is 0 Å². The number of halogens is 1. The molecule has 0 aromatic heterocycles. The summed E-state index contributed by atoms with van der Waals surface area (Å²) in [6.07, 6.45) is 0. The Morgan fingerprint density at radius 2 is 1.90 bits per heavy atom. The molecule has 3 nitrogen and oxygen atoms in total. The Balaban J connectivity index is 2.24. The van der Waals surface area contributed by atoms with Gasteiger partial charge in [-0.3, -0.25) is 0 Å². The van der Waals surface area contributed by atoms with Gasteiger partial charge in [0.05, 0.1) is 5.02 Å². The van der Waals surface area contributed by atoms with Crippen LogP contribution < -0.4 is 15.4 Å². The minimum absolute atomic E-state index is 0.0429. The molecule has 0 saturated heterocycles. The Hall–Kier alpha value is -1.71. The fraction of sp³-hybridized carbons (Fsp3) is 0.250. The highest BCUT2D eigenvalue weighted by molar-refractivity contribution is 6.32. The van der Waals surface area contributed by atoms with E-state index in [1.807, 2.05) is 68.4 Å². The highest BCUT2D eigenvalue weighted by Crippen LogP contribution is 2.32. The molecular weight excluding hydrogens is 272 g/mol. The molecule has 0 spiro atoms. The Bertz CT molecular complexity index is 597. The Kier molecular flexibility index (Phi) is 4.53. The van der Waals surface area contributed by atoms with Crippen molar-refractivity contribution in [1.82, 2.24) is 0 Å². The summed E-state index contributed by atoms with van der Waals surface area (Å²) in [6, 6.07) is 13.4. The summed E-state index contributed by atoms with van der Waals surface area (Å²) in [6.45, 7) is 1.92. The molecule has 0 amide bonds. The quantitative estimate of drug-likeness (QED) is 0.916. The molecule has 0 aliphatic carbocycles. The molecule has 106 valence electrons. The number of nitrogens with zero attached hydrogens (tertiary/aromatic N) is 1. The third kappa shape index (κ3) is 3.44. The van der Waals surface area contributed by atoms with Gasteiger partial charge in [0.15, 0.2) is 0 Å². The van der Waals surface area contributed by atoms with E-state index in [0.717, 1.165) is 17.0 Å². The van der Waals surface area contributed by atoms with Crippen molar-refractivity contribution in [3.05, 3.63) is 53.1 Å². The molecule has 2 aromatic rings. The van der Waals surface area contributed by atoms with E-state index < -0.39 is 0 Å². The van der Waals surface area contributed by atoms with Crippen molar-refractivity contribution in [2.75, 3.05) is 19.0 Å². The average molecular weight is 291 g/mol. The number of hydrogen-bond donors (Lipinski definition) is 1. The number of hydrogen-bond acceptors (Lipinski definition) is 3. The number of ether oxygens (including phenoxy) is 1. The molecule has 2 aromatic carbocycles. The normalized spacial score (nSPS) is 12.1. The molecule has 0 radical (unpaired) electrons. The predicted octanol–water partition coefficient (Wildman–Crippen LogP) is 4.22. The van der Waals surface area contributed by atoms with E-state index >= 15 is 0 Å². The Morgan fingerprint density at radius 3 is 2.50 bits per heavy atom. The molecule has 0 aliphatic rings. The van der Waals surface area contributed by atoms with E-state index in [1.54, 1.807) is 0 Å². The highest BCUT2D eigenvalue weighted by atomic mass is 35.5. The van der Waals surface area contributed by atoms with Crippen molar-refractivity contribution >= 4 is 17.3 Å². The molecular formula is C16H19ClN2O. The van der Waals surface area contributed by atoms with Gasteiger partial charge in [0.1, 0.15) is 11.5 Å². The Morgan fingerprint density at radius 1 is 1.15 bits per heavy atom. The van der Waals surface area contributed by atoms with Crippen LogP contribution in [0.4, 0.5) is 5.69 Å². The number of anilines is 1. The van der Waals surface area contributed by atoms with Gasteiger partial charge >= 0.3 is 0 Å². The average Bonchev–Trinajstić information content (AvgIpc) is 2.41. The van der Waals surface area contributed by atoms with Gasteiger partial charge in [0.25, 0.3) is 0 Å². The lowest BCUT2D eigenvalue weighted by atomic mass is 10.1. The maximum Gasteiger partial charge on any atom is 0.146 e. The summed E-state index contributed by atoms with van der Waals surface area (Å²) < 4.78 is 5.84. The first-order chi connectivity index (χ1) is 9.47.